The Morgan fingerprint density at radius 1 is 1.10 bits per heavy atom. The molecule has 9 heteroatoms. The molecule has 4 aromatic rings. The number of amides is 1. The third-order valence-corrected chi connectivity index (χ3v) is 5.88. The smallest absolute Gasteiger partial charge is 0.407 e. The molecular formula is C22H21FN6O2. The Kier molecular flexibility index (Phi) is 4.53. The Morgan fingerprint density at radius 3 is 2.61 bits per heavy atom. The normalized spacial score (nSPS) is 15.1. The number of hydrogen-bond acceptors (Lipinski definition) is 5. The predicted molar refractivity (Wildman–Crippen MR) is 113 cm³/mol. The van der Waals surface area contributed by atoms with Crippen molar-refractivity contribution in [1.82, 2.24) is 29.5 Å². The maximum Gasteiger partial charge on any atom is 0.407 e. The SMILES string of the molecule is Cc1cn2cc(-c3cc(F)c4cc(C5CCN(C(=O)O)CC5)nnc4c3)nc2c(C)n1. The van der Waals surface area contributed by atoms with Crippen molar-refractivity contribution in [3.63, 3.8) is 0 Å². The molecule has 5 rings (SSSR count). The quantitative estimate of drug-likeness (QED) is 0.527. The third-order valence-electron chi connectivity index (χ3n) is 5.88. The molecule has 4 heterocycles. The minimum atomic E-state index is -0.908. The molecule has 158 valence electrons. The van der Waals surface area contributed by atoms with Crippen molar-refractivity contribution in [1.29, 1.82) is 0 Å². The van der Waals surface area contributed by atoms with E-state index in [0.717, 1.165) is 17.0 Å². The summed E-state index contributed by atoms with van der Waals surface area (Å²) in [6.45, 7) is 4.71. The maximum atomic E-state index is 15.0. The van der Waals surface area contributed by atoms with Gasteiger partial charge >= 0.3 is 6.09 Å². The second kappa shape index (κ2) is 7.26. The van der Waals surface area contributed by atoms with Gasteiger partial charge in [0.2, 0.25) is 0 Å². The molecule has 0 radical (unpaired) electrons. The maximum absolute atomic E-state index is 15.0. The second-order valence-electron chi connectivity index (χ2n) is 8.03. The van der Waals surface area contributed by atoms with Gasteiger partial charge in [-0.1, -0.05) is 0 Å². The van der Waals surface area contributed by atoms with Crippen LogP contribution in [-0.2, 0) is 0 Å². The molecule has 1 fully saturated rings. The molecule has 8 nitrogen and oxygen atoms in total. The molecule has 0 atom stereocenters. The van der Waals surface area contributed by atoms with Gasteiger partial charge in [0, 0.05) is 42.4 Å². The van der Waals surface area contributed by atoms with E-state index in [0.29, 0.717) is 53.8 Å². The van der Waals surface area contributed by atoms with E-state index in [1.54, 1.807) is 12.1 Å². The molecule has 0 unspecified atom stereocenters. The Labute approximate surface area is 177 Å². The van der Waals surface area contributed by atoms with Crippen LogP contribution in [0.5, 0.6) is 0 Å². The molecule has 1 amide bonds. The molecule has 0 bridgehead atoms. The van der Waals surface area contributed by atoms with E-state index in [2.05, 4.69) is 20.2 Å². The summed E-state index contributed by atoms with van der Waals surface area (Å²) < 4.78 is 16.9. The number of rotatable bonds is 2. The third kappa shape index (κ3) is 3.45. The fourth-order valence-electron chi connectivity index (χ4n) is 4.27. The van der Waals surface area contributed by atoms with Crippen molar-refractivity contribution in [2.75, 3.05) is 13.1 Å². The molecule has 31 heavy (non-hydrogen) atoms. The van der Waals surface area contributed by atoms with Gasteiger partial charge in [-0.25, -0.2) is 14.2 Å². The molecule has 0 saturated carbocycles. The number of aryl methyl sites for hydroxylation is 2. The van der Waals surface area contributed by atoms with Gasteiger partial charge < -0.3 is 14.4 Å². The summed E-state index contributed by atoms with van der Waals surface area (Å²) in [5.41, 5.74) is 4.86. The number of carboxylic acid groups (broad SMARTS) is 1. The Hall–Kier alpha value is -3.62. The van der Waals surface area contributed by atoms with E-state index in [9.17, 15) is 4.79 Å². The molecule has 1 aliphatic rings. The summed E-state index contributed by atoms with van der Waals surface area (Å²) in [4.78, 5) is 21.5. The lowest BCUT2D eigenvalue weighted by molar-refractivity contribution is 0.131. The van der Waals surface area contributed by atoms with Crippen molar-refractivity contribution >= 4 is 22.6 Å². The lowest BCUT2D eigenvalue weighted by Crippen LogP contribution is -2.37. The number of hydrogen-bond donors (Lipinski definition) is 1. The molecule has 1 aromatic carbocycles. The van der Waals surface area contributed by atoms with Gasteiger partial charge in [-0.15, -0.1) is 0 Å². The number of fused-ring (bicyclic) bond motifs is 2. The molecule has 0 aliphatic carbocycles. The first-order valence-electron chi connectivity index (χ1n) is 10.2. The highest BCUT2D eigenvalue weighted by Crippen LogP contribution is 2.31. The first-order valence-corrected chi connectivity index (χ1v) is 10.2. The summed E-state index contributed by atoms with van der Waals surface area (Å²) in [6, 6.07) is 5.00. The number of imidazole rings is 1. The molecule has 0 spiro atoms. The van der Waals surface area contributed by atoms with Crippen LogP contribution < -0.4 is 0 Å². The Balaban J connectivity index is 1.49. The standard InChI is InChI=1S/C22H21FN6O2/c1-12-10-29-11-20(25-21(29)13(2)24-12)15-7-17(23)16-9-18(26-27-19(16)8-15)14-3-5-28(6-4-14)22(30)31/h7-11,14H,3-6H2,1-2H3,(H,30,31). The first kappa shape index (κ1) is 19.3. The fraction of sp³-hybridized carbons (Fsp3) is 0.318. The Morgan fingerprint density at radius 2 is 1.87 bits per heavy atom. The average Bonchev–Trinajstić information content (AvgIpc) is 3.18. The van der Waals surface area contributed by atoms with Crippen LogP contribution in [0.25, 0.3) is 27.8 Å². The minimum Gasteiger partial charge on any atom is -0.465 e. The molecule has 1 aliphatic heterocycles. The number of aromatic nitrogens is 5. The van der Waals surface area contributed by atoms with Crippen molar-refractivity contribution in [3.8, 4) is 11.3 Å². The number of nitrogens with zero attached hydrogens (tertiary/aromatic N) is 6. The van der Waals surface area contributed by atoms with Crippen molar-refractivity contribution in [2.24, 2.45) is 0 Å². The van der Waals surface area contributed by atoms with Crippen molar-refractivity contribution in [3.05, 3.63) is 53.5 Å². The topological polar surface area (TPSA) is 96.5 Å². The lowest BCUT2D eigenvalue weighted by Gasteiger charge is -2.29. The highest BCUT2D eigenvalue weighted by molar-refractivity contribution is 5.84. The van der Waals surface area contributed by atoms with Crippen molar-refractivity contribution in [2.45, 2.75) is 32.6 Å². The van der Waals surface area contributed by atoms with Crippen LogP contribution in [0, 0.1) is 19.7 Å². The number of halogens is 1. The van der Waals surface area contributed by atoms with E-state index in [4.69, 9.17) is 5.11 Å². The zero-order valence-corrected chi connectivity index (χ0v) is 17.2. The number of piperidine rings is 1. The Bertz CT molecular complexity index is 1330. The predicted octanol–water partition coefficient (Wildman–Crippen LogP) is 3.95. The zero-order valence-electron chi connectivity index (χ0n) is 17.2. The van der Waals surface area contributed by atoms with E-state index in [1.165, 1.54) is 11.0 Å². The van der Waals surface area contributed by atoms with Gasteiger partial charge in [0.05, 0.1) is 28.3 Å². The van der Waals surface area contributed by atoms with Crippen LogP contribution in [0.15, 0.2) is 30.6 Å². The van der Waals surface area contributed by atoms with Crippen molar-refractivity contribution < 1.29 is 14.3 Å². The summed E-state index contributed by atoms with van der Waals surface area (Å²) >= 11 is 0. The van der Waals surface area contributed by atoms with Crippen LogP contribution in [-0.4, -0.2) is 53.8 Å². The van der Waals surface area contributed by atoms with Gasteiger partial charge in [-0.2, -0.15) is 10.2 Å². The second-order valence-corrected chi connectivity index (χ2v) is 8.03. The fourth-order valence-corrected chi connectivity index (χ4v) is 4.27. The highest BCUT2D eigenvalue weighted by Gasteiger charge is 2.25. The summed E-state index contributed by atoms with van der Waals surface area (Å²) in [6.07, 6.45) is 4.14. The molecule has 1 saturated heterocycles. The van der Waals surface area contributed by atoms with Gasteiger partial charge in [0.15, 0.2) is 5.65 Å². The lowest BCUT2D eigenvalue weighted by atomic mass is 9.93. The number of carbonyl (C=O) groups is 1. The van der Waals surface area contributed by atoms with E-state index in [1.807, 2.05) is 30.6 Å². The largest absolute Gasteiger partial charge is 0.465 e. The van der Waals surface area contributed by atoms with Crippen LogP contribution >= 0.6 is 0 Å². The highest BCUT2D eigenvalue weighted by atomic mass is 19.1. The average molecular weight is 420 g/mol. The van der Waals surface area contributed by atoms with Crippen LogP contribution in [0.1, 0.15) is 35.8 Å². The van der Waals surface area contributed by atoms with Gasteiger partial charge in [-0.05, 0) is 44.9 Å². The van der Waals surface area contributed by atoms with E-state index < -0.39 is 6.09 Å². The first-order chi connectivity index (χ1) is 14.9. The minimum absolute atomic E-state index is 0.0729. The number of likely N-dealkylation sites (tertiary alicyclic amines) is 1. The van der Waals surface area contributed by atoms with E-state index >= 15 is 4.39 Å². The molecular weight excluding hydrogens is 399 g/mol. The molecule has 3 aromatic heterocycles. The van der Waals surface area contributed by atoms with Crippen LogP contribution in [0.3, 0.4) is 0 Å². The monoisotopic (exact) mass is 420 g/mol. The summed E-state index contributed by atoms with van der Waals surface area (Å²) in [7, 11) is 0. The molecule has 1 N–H and O–H groups in total. The van der Waals surface area contributed by atoms with Crippen LogP contribution in [0.4, 0.5) is 9.18 Å². The van der Waals surface area contributed by atoms with Gasteiger partial charge in [0.1, 0.15) is 5.82 Å². The van der Waals surface area contributed by atoms with Crippen LogP contribution in [0.2, 0.25) is 0 Å². The van der Waals surface area contributed by atoms with Gasteiger partial charge in [-0.3, -0.25) is 4.98 Å². The number of benzene rings is 1. The van der Waals surface area contributed by atoms with Gasteiger partial charge in [0.25, 0.3) is 0 Å². The summed E-state index contributed by atoms with van der Waals surface area (Å²) in [5.74, 6) is -0.307. The zero-order chi connectivity index (χ0) is 21.7. The summed E-state index contributed by atoms with van der Waals surface area (Å²) in [5, 5.41) is 18.1. The van der Waals surface area contributed by atoms with E-state index in [-0.39, 0.29) is 11.7 Å².